The van der Waals surface area contributed by atoms with Crippen LogP contribution in [0.4, 0.5) is 14.5 Å². The molecule has 1 aromatic carbocycles. The van der Waals surface area contributed by atoms with Gasteiger partial charge in [0.1, 0.15) is 22.2 Å². The van der Waals surface area contributed by atoms with Crippen molar-refractivity contribution < 1.29 is 17.2 Å². The van der Waals surface area contributed by atoms with Gasteiger partial charge in [0, 0.05) is 47.4 Å². The highest BCUT2D eigenvalue weighted by Gasteiger charge is 2.21. The number of rotatable bonds is 5. The zero-order chi connectivity index (χ0) is 23.9. The summed E-state index contributed by atoms with van der Waals surface area (Å²) >= 11 is 6.09. The minimum absolute atomic E-state index is 0.0593. The van der Waals surface area contributed by atoms with Crippen LogP contribution in [0.3, 0.4) is 0 Å². The minimum atomic E-state index is -4.39. The third kappa shape index (κ3) is 4.09. The fraction of sp³-hybridized carbons (Fsp3) is 0. The number of nitrogens with zero attached hydrogens (tertiary/aromatic N) is 4. The van der Waals surface area contributed by atoms with E-state index in [0.29, 0.717) is 22.8 Å². The number of sulfonamides is 1. The average molecular weight is 498 g/mol. The maximum atomic E-state index is 14.0. The molecule has 0 fully saturated rings. The predicted molar refractivity (Wildman–Crippen MR) is 124 cm³/mol. The van der Waals surface area contributed by atoms with Gasteiger partial charge >= 0.3 is 0 Å². The Morgan fingerprint density at radius 3 is 2.50 bits per heavy atom. The molecular weight excluding hydrogens is 484 g/mol. The lowest BCUT2D eigenvalue weighted by molar-refractivity contribution is 0.551. The summed E-state index contributed by atoms with van der Waals surface area (Å²) in [6, 6.07) is 11.2. The van der Waals surface area contributed by atoms with Gasteiger partial charge in [0.05, 0.1) is 17.6 Å². The quantitative estimate of drug-likeness (QED) is 0.336. The van der Waals surface area contributed by atoms with Crippen LogP contribution in [0.2, 0.25) is 5.15 Å². The van der Waals surface area contributed by atoms with Gasteiger partial charge in [-0.25, -0.2) is 27.2 Å². The number of hydrogen-bond acceptors (Lipinski definition) is 5. The molecule has 0 aliphatic rings. The lowest BCUT2D eigenvalue weighted by Gasteiger charge is -2.12. The number of pyridine rings is 3. The van der Waals surface area contributed by atoms with E-state index in [9.17, 15) is 17.2 Å². The van der Waals surface area contributed by atoms with E-state index in [4.69, 9.17) is 11.6 Å². The van der Waals surface area contributed by atoms with Gasteiger partial charge in [-0.1, -0.05) is 11.6 Å². The summed E-state index contributed by atoms with van der Waals surface area (Å²) in [4.78, 5) is 12.0. The smallest absolute Gasteiger partial charge is 0.264 e. The van der Waals surface area contributed by atoms with Gasteiger partial charge in [-0.3, -0.25) is 14.3 Å². The summed E-state index contributed by atoms with van der Waals surface area (Å²) in [5.41, 5.74) is 2.71. The van der Waals surface area contributed by atoms with Gasteiger partial charge < -0.3 is 0 Å². The van der Waals surface area contributed by atoms with E-state index < -0.39 is 26.6 Å². The van der Waals surface area contributed by atoms with Crippen molar-refractivity contribution in [3.05, 3.63) is 96.3 Å². The van der Waals surface area contributed by atoms with E-state index in [1.807, 2.05) is 35.0 Å². The molecule has 0 bridgehead atoms. The summed E-state index contributed by atoms with van der Waals surface area (Å²) < 4.78 is 56.7. The third-order valence-electron chi connectivity index (χ3n) is 5.05. The van der Waals surface area contributed by atoms with Gasteiger partial charge in [-0.2, -0.15) is 0 Å². The molecule has 5 rings (SSSR count). The highest BCUT2D eigenvalue weighted by Crippen LogP contribution is 2.30. The standard InChI is InChI=1S/C23H14ClF2N5O2S/c24-22-20(30-34(32,33)21-4-3-17(25)10-19(21)26)9-16(11-28-22)15-8-14-5-7-31(23(14)29-12-15)18-2-1-6-27-13-18/h1-13,30H. The number of anilines is 1. The molecular formula is C23H14ClF2N5O2S. The van der Waals surface area contributed by atoms with Crippen LogP contribution in [0, 0.1) is 11.6 Å². The molecule has 0 amide bonds. The molecule has 0 unspecified atom stereocenters. The van der Waals surface area contributed by atoms with Gasteiger partial charge in [0.15, 0.2) is 5.15 Å². The molecule has 0 atom stereocenters. The van der Waals surface area contributed by atoms with Crippen molar-refractivity contribution >= 4 is 38.3 Å². The first-order valence-corrected chi connectivity index (χ1v) is 11.7. The molecule has 0 aliphatic heterocycles. The first kappa shape index (κ1) is 21.9. The first-order chi connectivity index (χ1) is 16.3. The molecule has 0 saturated carbocycles. The SMILES string of the molecule is O=S(=O)(Nc1cc(-c2cnc3c(ccn3-c3cccnc3)c2)cnc1Cl)c1ccc(F)cc1F. The lowest BCUT2D eigenvalue weighted by atomic mass is 10.1. The van der Waals surface area contributed by atoms with E-state index in [0.717, 1.165) is 23.2 Å². The van der Waals surface area contributed by atoms with Gasteiger partial charge in [0.2, 0.25) is 0 Å². The average Bonchev–Trinajstić information content (AvgIpc) is 3.24. The number of hydrogen-bond donors (Lipinski definition) is 1. The fourth-order valence-electron chi connectivity index (χ4n) is 3.46. The van der Waals surface area contributed by atoms with E-state index in [1.165, 1.54) is 12.3 Å². The van der Waals surface area contributed by atoms with Crippen molar-refractivity contribution in [2.45, 2.75) is 4.90 Å². The molecule has 11 heteroatoms. The highest BCUT2D eigenvalue weighted by atomic mass is 35.5. The molecule has 4 aromatic heterocycles. The largest absolute Gasteiger partial charge is 0.300 e. The van der Waals surface area contributed by atoms with Crippen molar-refractivity contribution in [2.24, 2.45) is 0 Å². The molecule has 7 nitrogen and oxygen atoms in total. The Hall–Kier alpha value is -3.89. The van der Waals surface area contributed by atoms with Gasteiger partial charge in [0.25, 0.3) is 10.0 Å². The normalized spacial score (nSPS) is 11.6. The maximum absolute atomic E-state index is 14.0. The van der Waals surface area contributed by atoms with Crippen LogP contribution in [0.5, 0.6) is 0 Å². The third-order valence-corrected chi connectivity index (χ3v) is 6.75. The van der Waals surface area contributed by atoms with Gasteiger partial charge in [-0.05, 0) is 42.5 Å². The van der Waals surface area contributed by atoms with Crippen molar-refractivity contribution in [3.63, 3.8) is 0 Å². The Bertz CT molecular complexity index is 1640. The summed E-state index contributed by atoms with van der Waals surface area (Å²) in [6.45, 7) is 0. The fourth-order valence-corrected chi connectivity index (χ4v) is 4.78. The molecule has 1 N–H and O–H groups in total. The Labute approximate surface area is 197 Å². The highest BCUT2D eigenvalue weighted by molar-refractivity contribution is 7.92. The van der Waals surface area contributed by atoms with Crippen LogP contribution in [-0.4, -0.2) is 27.9 Å². The van der Waals surface area contributed by atoms with Crippen LogP contribution in [0.25, 0.3) is 27.8 Å². The Morgan fingerprint density at radius 2 is 1.74 bits per heavy atom. The number of halogens is 3. The summed E-state index contributed by atoms with van der Waals surface area (Å²) in [6.07, 6.45) is 8.37. The second kappa shape index (κ2) is 8.47. The molecule has 0 saturated heterocycles. The van der Waals surface area contributed by atoms with Crippen LogP contribution in [0.15, 0.2) is 84.4 Å². The van der Waals surface area contributed by atoms with Crippen molar-refractivity contribution in [1.82, 2.24) is 19.5 Å². The number of fused-ring (bicyclic) bond motifs is 1. The zero-order valence-electron chi connectivity index (χ0n) is 17.2. The Morgan fingerprint density at radius 1 is 0.941 bits per heavy atom. The lowest BCUT2D eigenvalue weighted by Crippen LogP contribution is -2.15. The monoisotopic (exact) mass is 497 g/mol. The van der Waals surface area contributed by atoms with Crippen LogP contribution in [-0.2, 0) is 10.0 Å². The molecule has 4 heterocycles. The van der Waals surface area contributed by atoms with Crippen molar-refractivity contribution in [2.75, 3.05) is 4.72 Å². The second-order valence-electron chi connectivity index (χ2n) is 7.28. The number of aromatic nitrogens is 4. The topological polar surface area (TPSA) is 89.8 Å². The van der Waals surface area contributed by atoms with Crippen LogP contribution >= 0.6 is 11.6 Å². The molecule has 5 aromatic rings. The van der Waals surface area contributed by atoms with E-state index in [2.05, 4.69) is 19.7 Å². The number of nitrogens with one attached hydrogen (secondary N) is 1. The maximum Gasteiger partial charge on any atom is 0.264 e. The first-order valence-electron chi connectivity index (χ1n) is 9.83. The minimum Gasteiger partial charge on any atom is -0.300 e. The van der Waals surface area contributed by atoms with Crippen LogP contribution < -0.4 is 4.72 Å². The zero-order valence-corrected chi connectivity index (χ0v) is 18.7. The van der Waals surface area contributed by atoms with E-state index in [-0.39, 0.29) is 10.8 Å². The molecule has 0 aliphatic carbocycles. The summed E-state index contributed by atoms with van der Waals surface area (Å²) in [5.74, 6) is -2.11. The summed E-state index contributed by atoms with van der Waals surface area (Å²) in [5, 5.41) is 0.707. The molecule has 170 valence electrons. The van der Waals surface area contributed by atoms with Crippen molar-refractivity contribution in [3.8, 4) is 16.8 Å². The van der Waals surface area contributed by atoms with E-state index in [1.54, 1.807) is 18.6 Å². The number of benzene rings is 1. The predicted octanol–water partition coefficient (Wildman–Crippen LogP) is 5.21. The Balaban J connectivity index is 1.50. The molecule has 0 radical (unpaired) electrons. The Kier molecular flexibility index (Phi) is 5.46. The molecule has 0 spiro atoms. The second-order valence-corrected chi connectivity index (χ2v) is 9.29. The molecule has 34 heavy (non-hydrogen) atoms. The summed E-state index contributed by atoms with van der Waals surface area (Å²) in [7, 11) is -4.39. The van der Waals surface area contributed by atoms with Crippen molar-refractivity contribution in [1.29, 1.82) is 0 Å². The van der Waals surface area contributed by atoms with Crippen LogP contribution in [0.1, 0.15) is 0 Å². The van der Waals surface area contributed by atoms with E-state index >= 15 is 0 Å². The van der Waals surface area contributed by atoms with Gasteiger partial charge in [-0.15, -0.1) is 0 Å².